The Morgan fingerprint density at radius 3 is 2.44 bits per heavy atom. The van der Waals surface area contributed by atoms with Crippen LogP contribution >= 0.6 is 0 Å². The molecule has 3 aromatic carbocycles. The Labute approximate surface area is 145 Å². The largest absolute Gasteiger partial charge is 0.493 e. The van der Waals surface area contributed by atoms with Crippen LogP contribution < -0.4 is 9.47 Å². The van der Waals surface area contributed by atoms with Gasteiger partial charge in [0.1, 0.15) is 17.0 Å². The SMILES string of the molecule is [c]1ccc(CCOc2ccc(Oc3nc4ccccc4o3)cc2)cc1. The Bertz CT molecular complexity index is 913. The first-order valence-corrected chi connectivity index (χ1v) is 8.08. The summed E-state index contributed by atoms with van der Waals surface area (Å²) in [6.07, 6.45) is 1.09. The highest BCUT2D eigenvalue weighted by atomic mass is 16.6. The van der Waals surface area contributed by atoms with Crippen LogP contribution in [0, 0.1) is 6.07 Å². The van der Waals surface area contributed by atoms with Crippen LogP contribution in [0.4, 0.5) is 0 Å². The molecule has 0 aliphatic carbocycles. The van der Waals surface area contributed by atoms with Crippen LogP contribution in [-0.4, -0.2) is 11.6 Å². The summed E-state index contributed by atoms with van der Waals surface area (Å²) in [4.78, 5) is 4.29. The Hall–Kier alpha value is -3.27. The van der Waals surface area contributed by atoms with E-state index < -0.39 is 0 Å². The van der Waals surface area contributed by atoms with Crippen LogP contribution in [0.15, 0.2) is 77.2 Å². The molecule has 0 aliphatic rings. The molecule has 0 spiro atoms. The number of benzene rings is 3. The van der Waals surface area contributed by atoms with Crippen molar-refractivity contribution in [3.63, 3.8) is 0 Å². The monoisotopic (exact) mass is 330 g/mol. The van der Waals surface area contributed by atoms with Gasteiger partial charge < -0.3 is 13.9 Å². The van der Waals surface area contributed by atoms with Crippen molar-refractivity contribution in [2.24, 2.45) is 0 Å². The fourth-order valence-electron chi connectivity index (χ4n) is 2.47. The van der Waals surface area contributed by atoms with Gasteiger partial charge >= 0.3 is 6.08 Å². The van der Waals surface area contributed by atoms with Gasteiger partial charge in [0.2, 0.25) is 0 Å². The highest BCUT2D eigenvalue weighted by Gasteiger charge is 2.07. The molecule has 25 heavy (non-hydrogen) atoms. The van der Waals surface area contributed by atoms with Gasteiger partial charge in [-0.3, -0.25) is 0 Å². The average molecular weight is 330 g/mol. The van der Waals surface area contributed by atoms with Crippen molar-refractivity contribution in [2.45, 2.75) is 6.42 Å². The van der Waals surface area contributed by atoms with Crippen LogP contribution in [0.25, 0.3) is 11.1 Å². The van der Waals surface area contributed by atoms with Gasteiger partial charge in [-0.15, -0.1) is 0 Å². The van der Waals surface area contributed by atoms with Gasteiger partial charge in [-0.2, -0.15) is 4.98 Å². The molecule has 0 fully saturated rings. The first-order valence-electron chi connectivity index (χ1n) is 8.08. The molecule has 4 rings (SSSR count). The van der Waals surface area contributed by atoms with Crippen molar-refractivity contribution in [1.29, 1.82) is 0 Å². The predicted molar refractivity (Wildman–Crippen MR) is 95.0 cm³/mol. The summed E-state index contributed by atoms with van der Waals surface area (Å²) in [5.41, 5.74) is 2.71. The van der Waals surface area contributed by atoms with Gasteiger partial charge in [0.15, 0.2) is 5.58 Å². The predicted octanol–water partition coefficient (Wildman–Crippen LogP) is 5.04. The van der Waals surface area contributed by atoms with Crippen molar-refractivity contribution in [1.82, 2.24) is 4.98 Å². The second-order valence-electron chi connectivity index (χ2n) is 5.53. The number of oxazole rings is 1. The first-order chi connectivity index (χ1) is 12.4. The highest BCUT2D eigenvalue weighted by molar-refractivity contribution is 5.72. The van der Waals surface area contributed by atoms with Crippen LogP contribution in [0.3, 0.4) is 0 Å². The lowest BCUT2D eigenvalue weighted by Crippen LogP contribution is -2.01. The minimum atomic E-state index is 0.232. The molecule has 4 aromatic rings. The van der Waals surface area contributed by atoms with Crippen LogP contribution in [0.1, 0.15) is 5.56 Å². The molecule has 0 N–H and O–H groups in total. The molecule has 0 saturated heterocycles. The normalized spacial score (nSPS) is 10.7. The molecule has 1 heterocycles. The Morgan fingerprint density at radius 1 is 0.880 bits per heavy atom. The van der Waals surface area contributed by atoms with Crippen molar-refractivity contribution in [2.75, 3.05) is 6.61 Å². The maximum absolute atomic E-state index is 5.76. The smallest absolute Gasteiger partial charge is 0.400 e. The number of hydrogen-bond donors (Lipinski definition) is 0. The van der Waals surface area contributed by atoms with E-state index in [2.05, 4.69) is 11.1 Å². The first kappa shape index (κ1) is 15.3. The standard InChI is InChI=1S/C21H16NO3/c1-2-6-16(7-3-1)14-15-23-17-10-12-18(13-11-17)24-21-22-19-8-4-5-9-20(19)25-21/h2-13H,14-15H2. The van der Waals surface area contributed by atoms with E-state index in [0.717, 1.165) is 17.7 Å². The number of aromatic nitrogens is 1. The van der Waals surface area contributed by atoms with E-state index in [1.54, 1.807) is 0 Å². The number of rotatable bonds is 6. The summed E-state index contributed by atoms with van der Waals surface area (Å²) < 4.78 is 17.0. The number of hydrogen-bond acceptors (Lipinski definition) is 4. The van der Waals surface area contributed by atoms with E-state index in [9.17, 15) is 0 Å². The minimum Gasteiger partial charge on any atom is -0.493 e. The molecule has 123 valence electrons. The molecule has 0 bridgehead atoms. The van der Waals surface area contributed by atoms with Crippen molar-refractivity contribution < 1.29 is 13.9 Å². The fraction of sp³-hybridized carbons (Fsp3) is 0.0952. The zero-order valence-corrected chi connectivity index (χ0v) is 13.5. The lowest BCUT2D eigenvalue weighted by molar-refractivity contribution is 0.319. The summed E-state index contributed by atoms with van der Waals surface area (Å²) in [7, 11) is 0. The quantitative estimate of drug-likeness (QED) is 0.497. The number of nitrogens with zero attached hydrogens (tertiary/aromatic N) is 1. The van der Waals surface area contributed by atoms with Gasteiger partial charge in [-0.05, 0) is 48.0 Å². The Balaban J connectivity index is 1.35. The maximum atomic E-state index is 5.76. The van der Waals surface area contributed by atoms with Gasteiger partial charge in [0.05, 0.1) is 6.61 Å². The average Bonchev–Trinajstić information content (AvgIpc) is 3.06. The van der Waals surface area contributed by atoms with Crippen LogP contribution in [0.2, 0.25) is 0 Å². The molecule has 0 atom stereocenters. The van der Waals surface area contributed by atoms with Crippen molar-refractivity contribution in [3.8, 4) is 17.6 Å². The lowest BCUT2D eigenvalue weighted by Gasteiger charge is -2.07. The van der Waals surface area contributed by atoms with Crippen LogP contribution in [-0.2, 0) is 6.42 Å². The summed E-state index contributed by atoms with van der Waals surface area (Å²) >= 11 is 0. The third kappa shape index (κ3) is 3.80. The van der Waals surface area contributed by atoms with E-state index in [0.29, 0.717) is 17.9 Å². The second kappa shape index (κ2) is 7.09. The topological polar surface area (TPSA) is 44.5 Å². The second-order valence-corrected chi connectivity index (χ2v) is 5.53. The van der Waals surface area contributed by atoms with Crippen molar-refractivity contribution in [3.05, 3.63) is 84.4 Å². The van der Waals surface area contributed by atoms with Gasteiger partial charge in [-0.1, -0.05) is 36.4 Å². The van der Waals surface area contributed by atoms with E-state index in [-0.39, 0.29) is 6.08 Å². The fourth-order valence-corrected chi connectivity index (χ4v) is 2.47. The van der Waals surface area contributed by atoms with E-state index >= 15 is 0 Å². The zero-order chi connectivity index (χ0) is 16.9. The molecule has 1 aromatic heterocycles. The maximum Gasteiger partial charge on any atom is 0.400 e. The Morgan fingerprint density at radius 2 is 1.64 bits per heavy atom. The summed E-state index contributed by atoms with van der Waals surface area (Å²) in [6, 6.07) is 25.9. The molecule has 0 amide bonds. The molecule has 0 unspecified atom stereocenters. The van der Waals surface area contributed by atoms with Gasteiger partial charge in [0.25, 0.3) is 0 Å². The molecule has 4 heteroatoms. The third-order valence-electron chi connectivity index (χ3n) is 3.75. The zero-order valence-electron chi connectivity index (χ0n) is 13.5. The van der Waals surface area contributed by atoms with Crippen LogP contribution in [0.5, 0.6) is 17.6 Å². The number of fused-ring (bicyclic) bond motifs is 1. The van der Waals surface area contributed by atoms with Crippen molar-refractivity contribution >= 4 is 11.1 Å². The van der Waals surface area contributed by atoms with E-state index in [1.807, 2.05) is 72.8 Å². The molecule has 0 aliphatic heterocycles. The van der Waals surface area contributed by atoms with Gasteiger partial charge in [0, 0.05) is 6.42 Å². The molecular weight excluding hydrogens is 314 g/mol. The number of ether oxygens (including phenoxy) is 2. The summed E-state index contributed by atoms with van der Waals surface area (Å²) in [6.45, 7) is 0.620. The summed E-state index contributed by atoms with van der Waals surface area (Å²) in [5.74, 6) is 1.45. The molecule has 4 nitrogen and oxygen atoms in total. The summed E-state index contributed by atoms with van der Waals surface area (Å²) in [5, 5.41) is 0. The van der Waals surface area contributed by atoms with E-state index in [1.165, 1.54) is 5.56 Å². The third-order valence-corrected chi connectivity index (χ3v) is 3.75. The van der Waals surface area contributed by atoms with E-state index in [4.69, 9.17) is 13.9 Å². The lowest BCUT2D eigenvalue weighted by atomic mass is 10.2. The Kier molecular flexibility index (Phi) is 4.33. The molecule has 1 radical (unpaired) electrons. The minimum absolute atomic E-state index is 0.232. The molecule has 0 saturated carbocycles. The highest BCUT2D eigenvalue weighted by Crippen LogP contribution is 2.26. The number of para-hydroxylation sites is 2. The van der Waals surface area contributed by atoms with Gasteiger partial charge in [-0.25, -0.2) is 0 Å². The molecular formula is C21H16NO3.